The zero-order chi connectivity index (χ0) is 17.3. The van der Waals surface area contributed by atoms with Crippen molar-refractivity contribution in [3.05, 3.63) is 12.1 Å². The molecule has 3 rings (SSSR count). The molecule has 2 aliphatic rings. The number of hydrogen-bond donors (Lipinski definition) is 0. The van der Waals surface area contributed by atoms with E-state index in [2.05, 4.69) is 10.2 Å². The highest BCUT2D eigenvalue weighted by molar-refractivity contribution is 5.89. The van der Waals surface area contributed by atoms with E-state index >= 15 is 0 Å². The summed E-state index contributed by atoms with van der Waals surface area (Å²) < 4.78 is 5.83. The maximum absolute atomic E-state index is 12.5. The lowest BCUT2D eigenvalue weighted by Gasteiger charge is -2.20. The van der Waals surface area contributed by atoms with Crippen LogP contribution < -0.4 is 9.64 Å². The van der Waals surface area contributed by atoms with Gasteiger partial charge in [0.15, 0.2) is 5.82 Å². The van der Waals surface area contributed by atoms with E-state index in [-0.39, 0.29) is 23.8 Å². The van der Waals surface area contributed by atoms with Crippen molar-refractivity contribution in [1.29, 1.82) is 0 Å². The molecule has 2 atom stereocenters. The van der Waals surface area contributed by atoms with Crippen LogP contribution in [0, 0.1) is 5.92 Å². The standard InChI is InChI=1S/C16H23N5O3/c1-19(2)13-4-5-14(18-17-13)24-12-6-7-21(10-12)16(23)11-8-15(22)20(3)9-11/h4-5,11-12H,6-10H2,1-3H3/t11-,12+/m1/s1. The maximum Gasteiger partial charge on any atom is 0.233 e. The fraction of sp³-hybridized carbons (Fsp3) is 0.625. The van der Waals surface area contributed by atoms with Crippen LogP contribution in [0.3, 0.4) is 0 Å². The fourth-order valence-corrected chi connectivity index (χ4v) is 3.10. The van der Waals surface area contributed by atoms with Gasteiger partial charge in [0.2, 0.25) is 17.7 Å². The Morgan fingerprint density at radius 3 is 2.67 bits per heavy atom. The molecule has 0 saturated carbocycles. The molecule has 0 radical (unpaired) electrons. The van der Waals surface area contributed by atoms with Gasteiger partial charge in [0.1, 0.15) is 6.10 Å². The van der Waals surface area contributed by atoms with Crippen LogP contribution in [0.1, 0.15) is 12.8 Å². The first-order valence-corrected chi connectivity index (χ1v) is 8.14. The minimum Gasteiger partial charge on any atom is -0.471 e. The van der Waals surface area contributed by atoms with Gasteiger partial charge in [0.05, 0.1) is 12.5 Å². The second kappa shape index (κ2) is 6.62. The normalized spacial score (nSPS) is 23.7. The summed E-state index contributed by atoms with van der Waals surface area (Å²) in [5.74, 6) is 1.10. The van der Waals surface area contributed by atoms with E-state index in [0.717, 1.165) is 12.2 Å². The van der Waals surface area contributed by atoms with Gasteiger partial charge in [-0.2, -0.15) is 0 Å². The topological polar surface area (TPSA) is 78.9 Å². The number of nitrogens with zero attached hydrogens (tertiary/aromatic N) is 5. The monoisotopic (exact) mass is 333 g/mol. The minimum absolute atomic E-state index is 0.0385. The zero-order valence-corrected chi connectivity index (χ0v) is 14.3. The predicted octanol–water partition coefficient (Wildman–Crippen LogP) is 0.000600. The van der Waals surface area contributed by atoms with Crippen LogP contribution in [0.2, 0.25) is 0 Å². The summed E-state index contributed by atoms with van der Waals surface area (Å²) in [6.45, 7) is 1.70. The average molecular weight is 333 g/mol. The van der Waals surface area contributed by atoms with Crippen molar-refractivity contribution in [3.63, 3.8) is 0 Å². The number of carbonyl (C=O) groups is 2. The van der Waals surface area contributed by atoms with Crippen LogP contribution >= 0.6 is 0 Å². The number of amides is 2. The third kappa shape index (κ3) is 3.42. The number of rotatable bonds is 4. The Labute approximate surface area is 141 Å². The number of likely N-dealkylation sites (tertiary alicyclic amines) is 2. The minimum atomic E-state index is -0.222. The summed E-state index contributed by atoms with van der Waals surface area (Å²) in [6.07, 6.45) is 0.997. The van der Waals surface area contributed by atoms with Crippen LogP contribution in [-0.2, 0) is 9.59 Å². The van der Waals surface area contributed by atoms with E-state index in [0.29, 0.717) is 31.9 Å². The van der Waals surface area contributed by atoms with Crippen LogP contribution in [0.4, 0.5) is 5.82 Å². The molecule has 8 heteroatoms. The first-order chi connectivity index (χ1) is 11.4. The Kier molecular flexibility index (Phi) is 4.55. The molecule has 0 bridgehead atoms. The SMILES string of the molecule is CN1C[C@H](C(=O)N2CC[C@H](Oc3ccc(N(C)C)nn3)C2)CC1=O. The van der Waals surface area contributed by atoms with Crippen LogP contribution in [0.5, 0.6) is 5.88 Å². The molecule has 2 saturated heterocycles. The summed E-state index contributed by atoms with van der Waals surface area (Å²) in [5.41, 5.74) is 0. The maximum atomic E-state index is 12.5. The highest BCUT2D eigenvalue weighted by Crippen LogP contribution is 2.23. The Morgan fingerprint density at radius 2 is 2.08 bits per heavy atom. The first-order valence-electron chi connectivity index (χ1n) is 8.14. The van der Waals surface area contributed by atoms with Gasteiger partial charge in [-0.25, -0.2) is 0 Å². The molecular weight excluding hydrogens is 310 g/mol. The predicted molar refractivity (Wildman–Crippen MR) is 87.7 cm³/mol. The molecule has 24 heavy (non-hydrogen) atoms. The zero-order valence-electron chi connectivity index (χ0n) is 14.3. The Balaban J connectivity index is 1.53. The average Bonchev–Trinajstić information content (AvgIpc) is 3.14. The number of aromatic nitrogens is 2. The van der Waals surface area contributed by atoms with E-state index in [4.69, 9.17) is 4.74 Å². The second-order valence-corrected chi connectivity index (χ2v) is 6.61. The molecule has 1 aromatic rings. The number of hydrogen-bond acceptors (Lipinski definition) is 6. The highest BCUT2D eigenvalue weighted by Gasteiger charge is 2.37. The van der Waals surface area contributed by atoms with Crippen molar-refractivity contribution in [2.45, 2.75) is 18.9 Å². The highest BCUT2D eigenvalue weighted by atomic mass is 16.5. The molecule has 8 nitrogen and oxygen atoms in total. The first kappa shape index (κ1) is 16.5. The van der Waals surface area contributed by atoms with Gasteiger partial charge in [-0.05, 0) is 6.07 Å². The van der Waals surface area contributed by atoms with Crippen molar-refractivity contribution in [2.24, 2.45) is 5.92 Å². The molecule has 2 aliphatic heterocycles. The largest absolute Gasteiger partial charge is 0.471 e. The number of anilines is 1. The molecule has 0 spiro atoms. The molecule has 1 aromatic heterocycles. The van der Waals surface area contributed by atoms with Gasteiger partial charge < -0.3 is 19.4 Å². The number of ether oxygens (including phenoxy) is 1. The van der Waals surface area contributed by atoms with Crippen molar-refractivity contribution in [1.82, 2.24) is 20.0 Å². The fourth-order valence-electron chi connectivity index (χ4n) is 3.10. The van der Waals surface area contributed by atoms with Gasteiger partial charge >= 0.3 is 0 Å². The molecular formula is C16H23N5O3. The summed E-state index contributed by atoms with van der Waals surface area (Å²) in [7, 11) is 5.54. The Hall–Kier alpha value is -2.38. The number of carbonyl (C=O) groups excluding carboxylic acids is 2. The van der Waals surface area contributed by atoms with Crippen LogP contribution in [0.25, 0.3) is 0 Å². The Bertz CT molecular complexity index is 619. The van der Waals surface area contributed by atoms with E-state index in [1.807, 2.05) is 25.1 Å². The van der Waals surface area contributed by atoms with Gasteiger partial charge in [-0.1, -0.05) is 0 Å². The smallest absolute Gasteiger partial charge is 0.233 e. The molecule has 0 aliphatic carbocycles. The lowest BCUT2D eigenvalue weighted by molar-refractivity contribution is -0.135. The second-order valence-electron chi connectivity index (χ2n) is 6.61. The van der Waals surface area contributed by atoms with Gasteiger partial charge in [0.25, 0.3) is 0 Å². The van der Waals surface area contributed by atoms with Gasteiger partial charge in [0, 0.05) is 53.1 Å². The van der Waals surface area contributed by atoms with Crippen LogP contribution in [-0.4, -0.2) is 78.7 Å². The summed E-state index contributed by atoms with van der Waals surface area (Å²) >= 11 is 0. The van der Waals surface area contributed by atoms with Crippen molar-refractivity contribution in [2.75, 3.05) is 45.7 Å². The van der Waals surface area contributed by atoms with Crippen LogP contribution in [0.15, 0.2) is 12.1 Å². The molecule has 2 amide bonds. The summed E-state index contributed by atoms with van der Waals surface area (Å²) in [4.78, 5) is 29.4. The van der Waals surface area contributed by atoms with Crippen molar-refractivity contribution >= 4 is 17.6 Å². The molecule has 2 fully saturated rings. The van der Waals surface area contributed by atoms with E-state index < -0.39 is 0 Å². The van der Waals surface area contributed by atoms with E-state index in [1.165, 1.54) is 0 Å². The lowest BCUT2D eigenvalue weighted by atomic mass is 10.1. The van der Waals surface area contributed by atoms with Crippen molar-refractivity contribution < 1.29 is 14.3 Å². The summed E-state index contributed by atoms with van der Waals surface area (Å²) in [6, 6.07) is 3.64. The molecule has 0 N–H and O–H groups in total. The van der Waals surface area contributed by atoms with E-state index in [1.54, 1.807) is 22.9 Å². The van der Waals surface area contributed by atoms with Gasteiger partial charge in [-0.15, -0.1) is 10.2 Å². The molecule has 0 aromatic carbocycles. The third-order valence-corrected chi connectivity index (χ3v) is 4.52. The van der Waals surface area contributed by atoms with E-state index in [9.17, 15) is 9.59 Å². The quantitative estimate of drug-likeness (QED) is 0.772. The lowest BCUT2D eigenvalue weighted by Crippen LogP contribution is -2.36. The molecule has 3 heterocycles. The molecule has 0 unspecified atom stereocenters. The van der Waals surface area contributed by atoms with Crippen molar-refractivity contribution in [3.8, 4) is 5.88 Å². The molecule has 130 valence electrons. The third-order valence-electron chi connectivity index (χ3n) is 4.52. The summed E-state index contributed by atoms with van der Waals surface area (Å²) in [5, 5.41) is 8.14. The van der Waals surface area contributed by atoms with Gasteiger partial charge in [-0.3, -0.25) is 9.59 Å². The Morgan fingerprint density at radius 1 is 1.29 bits per heavy atom.